The molecule has 1 saturated heterocycles. The summed E-state index contributed by atoms with van der Waals surface area (Å²) < 4.78 is 61.8. The van der Waals surface area contributed by atoms with Crippen LogP contribution in [0.2, 0.25) is 5.02 Å². The molecule has 10 nitrogen and oxygen atoms in total. The number of aromatic nitrogens is 2. The van der Waals surface area contributed by atoms with Crippen molar-refractivity contribution in [2.45, 2.75) is 29.4 Å². The molecule has 4 N–H and O–H groups in total. The van der Waals surface area contributed by atoms with Gasteiger partial charge in [-0.05, 0) is 36.1 Å². The van der Waals surface area contributed by atoms with Crippen molar-refractivity contribution in [3.63, 3.8) is 0 Å². The van der Waals surface area contributed by atoms with Crippen molar-refractivity contribution >= 4 is 82.3 Å². The van der Waals surface area contributed by atoms with E-state index in [1.807, 2.05) is 6.07 Å². The number of carboxylic acid groups (broad SMARTS) is 1. The molecule has 1 fully saturated rings. The molecule has 17 heteroatoms. The Balaban J connectivity index is 0.000000426. The van der Waals surface area contributed by atoms with Gasteiger partial charge in [0.05, 0.1) is 16.8 Å². The highest BCUT2D eigenvalue weighted by Gasteiger charge is 2.38. The first-order valence-corrected chi connectivity index (χ1v) is 14.0. The molecule has 0 radical (unpaired) electrons. The number of fused-ring (bicyclic) bond motifs is 2. The summed E-state index contributed by atoms with van der Waals surface area (Å²) in [6, 6.07) is 7.90. The van der Waals surface area contributed by atoms with Crippen molar-refractivity contribution in [3.8, 4) is 0 Å². The van der Waals surface area contributed by atoms with Crippen LogP contribution < -0.4 is 10.5 Å². The van der Waals surface area contributed by atoms with Crippen LogP contribution in [-0.2, 0) is 26.2 Å². The number of sulfonamides is 1. The first-order chi connectivity index (χ1) is 17.7. The maximum Gasteiger partial charge on any atom is 0.490 e. The van der Waals surface area contributed by atoms with Crippen LogP contribution >= 0.6 is 34.3 Å². The highest BCUT2D eigenvalue weighted by molar-refractivity contribution is 7.91. The minimum absolute atomic E-state index is 0.162. The van der Waals surface area contributed by atoms with Crippen molar-refractivity contribution in [2.24, 2.45) is 0 Å². The largest absolute Gasteiger partial charge is 0.490 e. The van der Waals surface area contributed by atoms with Crippen LogP contribution in [0.1, 0.15) is 11.3 Å². The fourth-order valence-electron chi connectivity index (χ4n) is 3.55. The van der Waals surface area contributed by atoms with Crippen LogP contribution in [0.25, 0.3) is 20.3 Å². The lowest BCUT2D eigenvalue weighted by Crippen LogP contribution is -2.40. The Morgan fingerprint density at radius 2 is 1.95 bits per heavy atom. The summed E-state index contributed by atoms with van der Waals surface area (Å²) in [4.78, 5) is 32.5. The Kier molecular flexibility index (Phi) is 7.81. The third-order valence-electron chi connectivity index (χ3n) is 5.30. The molecule has 4 aromatic rings. The highest BCUT2D eigenvalue weighted by Crippen LogP contribution is 2.32. The molecule has 4 heterocycles. The van der Waals surface area contributed by atoms with E-state index in [0.29, 0.717) is 30.4 Å². The van der Waals surface area contributed by atoms with E-state index in [2.05, 4.69) is 14.7 Å². The van der Waals surface area contributed by atoms with Gasteiger partial charge >= 0.3 is 12.1 Å². The number of rotatable bonds is 5. The van der Waals surface area contributed by atoms with E-state index in [1.165, 1.54) is 17.7 Å². The van der Waals surface area contributed by atoms with Gasteiger partial charge in [0, 0.05) is 21.1 Å². The average molecular weight is 608 g/mol. The molecule has 0 spiro atoms. The molecular formula is C21H17ClF3N5O5S3. The number of carboxylic acids is 1. The van der Waals surface area contributed by atoms with E-state index in [9.17, 15) is 26.4 Å². The first-order valence-electron chi connectivity index (χ1n) is 10.5. The zero-order valence-corrected chi connectivity index (χ0v) is 22.1. The van der Waals surface area contributed by atoms with Gasteiger partial charge in [-0.25, -0.2) is 23.2 Å². The fourth-order valence-corrected chi connectivity index (χ4v) is 7.49. The van der Waals surface area contributed by atoms with Gasteiger partial charge in [0.15, 0.2) is 0 Å². The van der Waals surface area contributed by atoms with Gasteiger partial charge in [0.1, 0.15) is 22.4 Å². The summed E-state index contributed by atoms with van der Waals surface area (Å²) in [7, 11) is -3.83. The minimum Gasteiger partial charge on any atom is -0.475 e. The summed E-state index contributed by atoms with van der Waals surface area (Å²) >= 11 is 8.56. The number of nitrogen functional groups attached to an aromatic ring is 1. The van der Waals surface area contributed by atoms with E-state index < -0.39 is 28.2 Å². The molecule has 5 rings (SSSR count). The molecule has 0 bridgehead atoms. The number of alkyl halides is 3. The van der Waals surface area contributed by atoms with Gasteiger partial charge in [0.25, 0.3) is 10.0 Å². The Bertz CT molecular complexity index is 1640. The summed E-state index contributed by atoms with van der Waals surface area (Å²) in [6.45, 7) is 0.836. The second-order valence-electron chi connectivity index (χ2n) is 7.96. The second-order valence-corrected chi connectivity index (χ2v) is 12.6. The molecule has 0 aliphatic carbocycles. The van der Waals surface area contributed by atoms with Gasteiger partial charge in [-0.3, -0.25) is 4.79 Å². The number of nitrogens with one attached hydrogen (secondary N) is 1. The van der Waals surface area contributed by atoms with Crippen LogP contribution in [0.5, 0.6) is 0 Å². The number of benzene rings is 1. The standard InChI is InChI=1S/C19H16ClN5O3S3.C2HF3O2/c20-11-2-1-10-5-16(30-15(10)6-11)31(27,28)24-13-3-4-25(19(13)26)8-12-7-14-17(29-12)18(21)23-9-22-14;3-2(4,5)1(6)7/h1-2,5-7,9,13,24H,3-4,8H2,(H2,21,22,23);(H,6,7)/t13-;/m0./s1. The summed E-state index contributed by atoms with van der Waals surface area (Å²) in [5, 5.41) is 8.46. The number of hydrogen-bond acceptors (Lipinski definition) is 9. The molecule has 0 unspecified atom stereocenters. The van der Waals surface area contributed by atoms with Crippen LogP contribution in [0.15, 0.2) is 40.9 Å². The maximum atomic E-state index is 12.9. The lowest BCUT2D eigenvalue weighted by Gasteiger charge is -2.16. The number of nitrogens with zero attached hydrogens (tertiary/aromatic N) is 3. The molecule has 0 saturated carbocycles. The first kappa shape index (κ1) is 28.0. The predicted molar refractivity (Wildman–Crippen MR) is 136 cm³/mol. The Labute approximate surface area is 225 Å². The molecule has 3 aromatic heterocycles. The molecular weight excluding hydrogens is 591 g/mol. The van der Waals surface area contributed by atoms with E-state index in [-0.39, 0.29) is 10.1 Å². The molecule has 1 amide bonds. The van der Waals surface area contributed by atoms with Crippen LogP contribution in [0.4, 0.5) is 19.0 Å². The molecule has 202 valence electrons. The van der Waals surface area contributed by atoms with Crippen molar-refractivity contribution in [3.05, 3.63) is 46.6 Å². The van der Waals surface area contributed by atoms with Gasteiger partial charge in [-0.2, -0.15) is 17.9 Å². The average Bonchev–Trinajstić information content (AvgIpc) is 3.52. The van der Waals surface area contributed by atoms with Crippen molar-refractivity contribution in [1.82, 2.24) is 19.6 Å². The summed E-state index contributed by atoms with van der Waals surface area (Å²) in [5.74, 6) is -2.60. The molecule has 1 aromatic carbocycles. The zero-order chi connectivity index (χ0) is 27.8. The van der Waals surface area contributed by atoms with Crippen molar-refractivity contribution in [2.75, 3.05) is 12.3 Å². The molecule has 1 aliphatic heterocycles. The summed E-state index contributed by atoms with van der Waals surface area (Å²) in [6.07, 6.45) is -3.27. The smallest absolute Gasteiger partial charge is 0.475 e. The number of nitrogens with two attached hydrogens (primary N) is 1. The predicted octanol–water partition coefficient (Wildman–Crippen LogP) is 3.85. The van der Waals surface area contributed by atoms with Gasteiger partial charge in [-0.15, -0.1) is 22.7 Å². The van der Waals surface area contributed by atoms with Crippen LogP contribution in [-0.4, -0.2) is 59.0 Å². The number of amides is 1. The SMILES string of the molecule is Nc1ncnc2cc(CN3CC[C@H](NS(=O)(=O)c4cc5ccc(Cl)cc5s4)C3=O)sc12.O=C(O)C(F)(F)F. The zero-order valence-electron chi connectivity index (χ0n) is 18.9. The van der Waals surface area contributed by atoms with E-state index in [1.54, 1.807) is 29.2 Å². The van der Waals surface area contributed by atoms with Gasteiger partial charge in [-0.1, -0.05) is 17.7 Å². The fraction of sp³-hybridized carbons (Fsp3) is 0.238. The number of hydrogen-bond donors (Lipinski definition) is 3. The monoisotopic (exact) mass is 607 g/mol. The number of likely N-dealkylation sites (tertiary alicyclic amines) is 1. The molecule has 1 atom stereocenters. The normalized spacial score (nSPS) is 16.2. The van der Waals surface area contributed by atoms with E-state index in [4.69, 9.17) is 27.2 Å². The lowest BCUT2D eigenvalue weighted by molar-refractivity contribution is -0.192. The van der Waals surface area contributed by atoms with Crippen molar-refractivity contribution < 1.29 is 36.3 Å². The van der Waals surface area contributed by atoms with Gasteiger partial charge < -0.3 is 15.7 Å². The van der Waals surface area contributed by atoms with Crippen LogP contribution in [0.3, 0.4) is 0 Å². The van der Waals surface area contributed by atoms with E-state index in [0.717, 1.165) is 36.5 Å². The number of thiophene rings is 2. The number of carbonyl (C=O) groups is 2. The van der Waals surface area contributed by atoms with E-state index >= 15 is 0 Å². The van der Waals surface area contributed by atoms with Crippen LogP contribution in [0, 0.1) is 0 Å². The highest BCUT2D eigenvalue weighted by atomic mass is 35.5. The number of anilines is 1. The minimum atomic E-state index is -5.08. The third kappa shape index (κ3) is 6.15. The topological polar surface area (TPSA) is 156 Å². The Morgan fingerprint density at radius 1 is 1.24 bits per heavy atom. The van der Waals surface area contributed by atoms with Crippen molar-refractivity contribution in [1.29, 1.82) is 0 Å². The quantitative estimate of drug-likeness (QED) is 0.309. The Morgan fingerprint density at radius 3 is 2.61 bits per heavy atom. The number of halogens is 4. The maximum absolute atomic E-state index is 12.9. The van der Waals surface area contributed by atoms with Gasteiger partial charge in [0.2, 0.25) is 5.91 Å². The summed E-state index contributed by atoms with van der Waals surface area (Å²) in [5.41, 5.74) is 6.62. The lowest BCUT2D eigenvalue weighted by atomic mass is 10.3. The Hall–Kier alpha value is -3.05. The third-order valence-corrected chi connectivity index (χ3v) is 9.71. The molecule has 38 heavy (non-hydrogen) atoms. The number of aliphatic carboxylic acids is 1. The number of carbonyl (C=O) groups excluding carboxylic acids is 1. The molecule has 1 aliphatic rings. The second kappa shape index (κ2) is 10.6.